The number of aryl methyl sites for hydroxylation is 2. The number of carbonyl (C=O) groups excluding carboxylic acids is 4. The van der Waals surface area contributed by atoms with Crippen LogP contribution in [0, 0.1) is 11.8 Å². The highest BCUT2D eigenvalue weighted by molar-refractivity contribution is 6.37. The number of aromatic amines is 1. The SMILES string of the molecule is CC(C)CC(NC(=O)OCc1ccccc1)C(=O)CC1CCc2cn[nH]c2CCCNC(=O)C1=O. The van der Waals surface area contributed by atoms with Crippen molar-refractivity contribution in [3.63, 3.8) is 0 Å². The van der Waals surface area contributed by atoms with Crippen molar-refractivity contribution >= 4 is 23.6 Å². The zero-order valence-corrected chi connectivity index (χ0v) is 20.3. The molecule has 1 aliphatic heterocycles. The van der Waals surface area contributed by atoms with Crippen LogP contribution in [0.5, 0.6) is 0 Å². The summed E-state index contributed by atoms with van der Waals surface area (Å²) in [7, 11) is 0. The van der Waals surface area contributed by atoms with E-state index in [0.29, 0.717) is 32.2 Å². The highest BCUT2D eigenvalue weighted by Crippen LogP contribution is 2.20. The first kappa shape index (κ1) is 26.1. The van der Waals surface area contributed by atoms with E-state index in [2.05, 4.69) is 20.8 Å². The van der Waals surface area contributed by atoms with Crippen LogP contribution in [-0.4, -0.2) is 46.4 Å². The number of nitrogens with one attached hydrogen (secondary N) is 3. The van der Waals surface area contributed by atoms with E-state index >= 15 is 0 Å². The fourth-order valence-electron chi connectivity index (χ4n) is 4.20. The summed E-state index contributed by atoms with van der Waals surface area (Å²) in [6.45, 7) is 4.35. The molecule has 1 aromatic carbocycles. The molecule has 2 amide bonds. The Morgan fingerprint density at radius 2 is 1.94 bits per heavy atom. The van der Waals surface area contributed by atoms with E-state index in [-0.39, 0.29) is 24.7 Å². The Hall–Kier alpha value is -3.49. The minimum Gasteiger partial charge on any atom is -0.445 e. The smallest absolute Gasteiger partial charge is 0.408 e. The van der Waals surface area contributed by atoms with E-state index in [9.17, 15) is 19.2 Å². The molecule has 2 aromatic rings. The van der Waals surface area contributed by atoms with Gasteiger partial charge in [0.2, 0.25) is 5.78 Å². The van der Waals surface area contributed by atoms with Crippen molar-refractivity contribution in [2.45, 2.75) is 65.0 Å². The zero-order chi connectivity index (χ0) is 25.2. The summed E-state index contributed by atoms with van der Waals surface area (Å²) in [6, 6.07) is 8.44. The molecule has 3 rings (SSSR count). The molecule has 2 atom stereocenters. The fraction of sp³-hybridized carbons (Fsp3) is 0.500. The van der Waals surface area contributed by atoms with E-state index in [1.54, 1.807) is 6.20 Å². The number of nitrogens with zero attached hydrogens (tertiary/aromatic N) is 1. The van der Waals surface area contributed by atoms with E-state index in [4.69, 9.17) is 4.74 Å². The van der Waals surface area contributed by atoms with E-state index < -0.39 is 29.7 Å². The monoisotopic (exact) mass is 482 g/mol. The number of Topliss-reactive ketones (excluding diaryl/α,β-unsaturated/α-hetero) is 2. The maximum atomic E-state index is 13.3. The molecule has 2 unspecified atom stereocenters. The Kier molecular flexibility index (Phi) is 9.57. The third-order valence-corrected chi connectivity index (χ3v) is 6.10. The molecule has 1 aliphatic rings. The van der Waals surface area contributed by atoms with Crippen molar-refractivity contribution in [3.05, 3.63) is 53.3 Å². The van der Waals surface area contributed by atoms with Crippen LogP contribution in [0.2, 0.25) is 0 Å². The van der Waals surface area contributed by atoms with Gasteiger partial charge in [-0.25, -0.2) is 4.79 Å². The topological polar surface area (TPSA) is 130 Å². The van der Waals surface area contributed by atoms with Crippen molar-refractivity contribution in [2.75, 3.05) is 6.54 Å². The number of benzene rings is 1. The Balaban J connectivity index is 1.67. The highest BCUT2D eigenvalue weighted by Gasteiger charge is 2.31. The number of carbonyl (C=O) groups is 4. The normalized spacial score (nSPS) is 17.6. The third kappa shape index (κ3) is 8.05. The quantitative estimate of drug-likeness (QED) is 0.496. The molecule has 0 radical (unpaired) electrons. The molecule has 0 spiro atoms. The van der Waals surface area contributed by atoms with Crippen molar-refractivity contribution in [3.8, 4) is 0 Å². The van der Waals surface area contributed by atoms with Crippen molar-refractivity contribution in [1.82, 2.24) is 20.8 Å². The van der Waals surface area contributed by atoms with Gasteiger partial charge >= 0.3 is 6.09 Å². The average molecular weight is 483 g/mol. The summed E-state index contributed by atoms with van der Waals surface area (Å²) >= 11 is 0. The van der Waals surface area contributed by atoms with Gasteiger partial charge in [0.15, 0.2) is 5.78 Å². The molecule has 9 heteroatoms. The van der Waals surface area contributed by atoms with Crippen molar-refractivity contribution in [2.24, 2.45) is 11.8 Å². The predicted molar refractivity (Wildman–Crippen MR) is 129 cm³/mol. The Labute approximate surface area is 205 Å². The molecule has 9 nitrogen and oxygen atoms in total. The maximum Gasteiger partial charge on any atom is 0.408 e. The van der Waals surface area contributed by atoms with Gasteiger partial charge in [-0.05, 0) is 49.1 Å². The largest absolute Gasteiger partial charge is 0.445 e. The second-order valence-electron chi connectivity index (χ2n) is 9.39. The van der Waals surface area contributed by atoms with Crippen LogP contribution in [0.4, 0.5) is 4.79 Å². The Morgan fingerprint density at radius 1 is 1.17 bits per heavy atom. The molecule has 35 heavy (non-hydrogen) atoms. The van der Waals surface area contributed by atoms with Gasteiger partial charge in [-0.2, -0.15) is 5.10 Å². The molecular weight excluding hydrogens is 448 g/mol. The van der Waals surface area contributed by atoms with Crippen molar-refractivity contribution < 1.29 is 23.9 Å². The number of alkyl carbamates (subject to hydrolysis) is 1. The minimum absolute atomic E-state index is 0.0869. The lowest BCUT2D eigenvalue weighted by Crippen LogP contribution is -2.44. The number of ether oxygens (including phenoxy) is 1. The van der Waals surface area contributed by atoms with Crippen molar-refractivity contribution in [1.29, 1.82) is 0 Å². The average Bonchev–Trinajstić information content (AvgIpc) is 3.28. The zero-order valence-electron chi connectivity index (χ0n) is 20.3. The first-order chi connectivity index (χ1) is 16.8. The van der Waals surface area contributed by atoms with Crippen LogP contribution in [0.25, 0.3) is 0 Å². The summed E-state index contributed by atoms with van der Waals surface area (Å²) in [6.07, 6.45) is 3.59. The number of fused-ring (bicyclic) bond motifs is 1. The van der Waals surface area contributed by atoms with Gasteiger partial charge in [0, 0.05) is 24.6 Å². The molecule has 188 valence electrons. The first-order valence-corrected chi connectivity index (χ1v) is 12.2. The van der Waals surface area contributed by atoms with Gasteiger partial charge in [-0.15, -0.1) is 0 Å². The number of H-pyrrole nitrogens is 1. The predicted octanol–water partition coefficient (Wildman–Crippen LogP) is 2.89. The molecule has 0 saturated carbocycles. The maximum absolute atomic E-state index is 13.3. The summed E-state index contributed by atoms with van der Waals surface area (Å²) in [5.41, 5.74) is 2.81. The summed E-state index contributed by atoms with van der Waals surface area (Å²) in [5.74, 6) is -2.20. The number of rotatable bonds is 8. The van der Waals surface area contributed by atoms with E-state index in [1.165, 1.54) is 0 Å². The second-order valence-corrected chi connectivity index (χ2v) is 9.39. The lowest BCUT2D eigenvalue weighted by molar-refractivity contribution is -0.141. The minimum atomic E-state index is -0.809. The van der Waals surface area contributed by atoms with Gasteiger partial charge in [0.05, 0.1) is 12.2 Å². The number of ketones is 2. The molecule has 0 saturated heterocycles. The van der Waals surface area contributed by atoms with Gasteiger partial charge in [0.1, 0.15) is 6.61 Å². The Bertz CT molecular complexity index is 1020. The third-order valence-electron chi connectivity index (χ3n) is 6.10. The summed E-state index contributed by atoms with van der Waals surface area (Å²) in [4.78, 5) is 51.0. The molecule has 3 N–H and O–H groups in total. The van der Waals surface area contributed by atoms with Crippen LogP contribution in [-0.2, 0) is 38.6 Å². The lowest BCUT2D eigenvalue weighted by atomic mass is 9.87. The van der Waals surface area contributed by atoms with Gasteiger partial charge in [-0.3, -0.25) is 19.5 Å². The van der Waals surface area contributed by atoms with Crippen LogP contribution in [0.1, 0.15) is 56.4 Å². The van der Waals surface area contributed by atoms with E-state index in [1.807, 2.05) is 44.2 Å². The number of hydrogen-bond acceptors (Lipinski definition) is 6. The number of hydrogen-bond donors (Lipinski definition) is 3. The molecule has 0 fully saturated rings. The highest BCUT2D eigenvalue weighted by atomic mass is 16.5. The first-order valence-electron chi connectivity index (χ1n) is 12.2. The second kappa shape index (κ2) is 12.8. The van der Waals surface area contributed by atoms with E-state index in [0.717, 1.165) is 23.2 Å². The van der Waals surface area contributed by atoms with Crippen LogP contribution in [0.15, 0.2) is 36.5 Å². The van der Waals surface area contributed by atoms with Gasteiger partial charge < -0.3 is 15.4 Å². The lowest BCUT2D eigenvalue weighted by Gasteiger charge is -2.22. The van der Waals surface area contributed by atoms with Crippen LogP contribution < -0.4 is 10.6 Å². The standard InChI is InChI=1S/C26H34N4O5/c1-17(2)13-22(29-26(34)35-16-18-7-4-3-5-8-18)23(31)14-19-10-11-20-15-28-30-21(20)9-6-12-27-25(33)24(19)32/h3-5,7-8,15,17,19,22H,6,9-14,16H2,1-2H3,(H,27,33)(H,28,30)(H,29,34). The van der Waals surface area contributed by atoms with Crippen LogP contribution >= 0.6 is 0 Å². The number of aromatic nitrogens is 2. The molecule has 1 aromatic heterocycles. The summed E-state index contributed by atoms with van der Waals surface area (Å²) < 4.78 is 5.29. The molecule has 0 bridgehead atoms. The summed E-state index contributed by atoms with van der Waals surface area (Å²) in [5, 5.41) is 12.4. The van der Waals surface area contributed by atoms with Gasteiger partial charge in [0.25, 0.3) is 5.91 Å². The van der Waals surface area contributed by atoms with Crippen LogP contribution in [0.3, 0.4) is 0 Å². The molecule has 2 heterocycles. The fourth-order valence-corrected chi connectivity index (χ4v) is 4.20. The molecular formula is C26H34N4O5. The molecule has 0 aliphatic carbocycles. The Morgan fingerprint density at radius 3 is 2.69 bits per heavy atom. The number of amides is 2. The van der Waals surface area contributed by atoms with Gasteiger partial charge in [-0.1, -0.05) is 44.2 Å².